The number of aldehydes is 1. The van der Waals surface area contributed by atoms with Crippen molar-refractivity contribution in [3.05, 3.63) is 23.8 Å². The molecule has 0 aliphatic carbocycles. The lowest BCUT2D eigenvalue weighted by atomic mass is 10.1. The van der Waals surface area contributed by atoms with Gasteiger partial charge in [0.15, 0.2) is 0 Å². The van der Waals surface area contributed by atoms with Crippen molar-refractivity contribution in [3.8, 4) is 5.75 Å². The van der Waals surface area contributed by atoms with Crippen LogP contribution in [0.2, 0.25) is 0 Å². The third-order valence-corrected chi connectivity index (χ3v) is 2.31. The van der Waals surface area contributed by atoms with Gasteiger partial charge in [-0.1, -0.05) is 13.8 Å². The van der Waals surface area contributed by atoms with E-state index >= 15 is 0 Å². The lowest BCUT2D eigenvalue weighted by Gasteiger charge is -2.12. The topological polar surface area (TPSA) is 55.4 Å². The third kappa shape index (κ3) is 4.20. The fourth-order valence-electron chi connectivity index (χ4n) is 1.57. The van der Waals surface area contributed by atoms with E-state index in [4.69, 9.17) is 4.74 Å². The van der Waals surface area contributed by atoms with Crippen molar-refractivity contribution in [1.82, 2.24) is 0 Å². The highest BCUT2D eigenvalue weighted by atomic mass is 16.5. The van der Waals surface area contributed by atoms with E-state index in [1.165, 1.54) is 0 Å². The molecule has 0 aromatic heterocycles. The predicted octanol–water partition coefficient (Wildman–Crippen LogP) is 2.88. The fraction of sp³-hybridized carbons (Fsp3) is 0.429. The maximum absolute atomic E-state index is 11.7. The van der Waals surface area contributed by atoms with Crippen molar-refractivity contribution in [2.45, 2.75) is 27.2 Å². The summed E-state index contributed by atoms with van der Waals surface area (Å²) in [6.07, 6.45) is 1.19. The van der Waals surface area contributed by atoms with Crippen LogP contribution in [-0.2, 0) is 4.79 Å². The van der Waals surface area contributed by atoms with E-state index in [-0.39, 0.29) is 11.8 Å². The molecule has 1 aromatic carbocycles. The van der Waals surface area contributed by atoms with Gasteiger partial charge in [-0.2, -0.15) is 0 Å². The number of carbonyl (C=O) groups excluding carboxylic acids is 2. The zero-order valence-corrected chi connectivity index (χ0v) is 11.0. The van der Waals surface area contributed by atoms with Gasteiger partial charge in [-0.05, 0) is 31.0 Å². The van der Waals surface area contributed by atoms with E-state index in [0.29, 0.717) is 30.0 Å². The molecule has 0 fully saturated rings. The second-order valence-corrected chi connectivity index (χ2v) is 4.45. The summed E-state index contributed by atoms with van der Waals surface area (Å²) in [5.74, 6) is 0.795. The third-order valence-electron chi connectivity index (χ3n) is 2.31. The minimum atomic E-state index is -0.0750. The Balaban J connectivity index is 2.89. The van der Waals surface area contributed by atoms with Crippen molar-refractivity contribution in [2.75, 3.05) is 11.9 Å². The number of amides is 1. The molecule has 0 saturated heterocycles. The van der Waals surface area contributed by atoms with Crippen LogP contribution in [0.25, 0.3) is 0 Å². The molecule has 4 heteroatoms. The Kier molecular flexibility index (Phi) is 5.36. The van der Waals surface area contributed by atoms with Gasteiger partial charge in [0.2, 0.25) is 5.91 Å². The number of benzene rings is 1. The molecule has 1 aromatic rings. The summed E-state index contributed by atoms with van der Waals surface area (Å²) < 4.78 is 5.41. The van der Waals surface area contributed by atoms with Gasteiger partial charge in [0.1, 0.15) is 12.0 Å². The molecule has 1 N–H and O–H groups in total. The molecular formula is C14H19NO3. The van der Waals surface area contributed by atoms with Crippen LogP contribution in [0.1, 0.15) is 37.6 Å². The first-order valence-electron chi connectivity index (χ1n) is 6.08. The first-order valence-corrected chi connectivity index (χ1v) is 6.08. The average molecular weight is 249 g/mol. The standard InChI is InChI=1S/C14H19NO3/c1-4-18-13-6-5-11(9-16)8-12(13)15-14(17)7-10(2)3/h5-6,8-10H,4,7H2,1-3H3,(H,15,17). The number of ether oxygens (including phenoxy) is 1. The van der Waals surface area contributed by atoms with Gasteiger partial charge in [0.05, 0.1) is 12.3 Å². The van der Waals surface area contributed by atoms with Gasteiger partial charge in [-0.15, -0.1) is 0 Å². The summed E-state index contributed by atoms with van der Waals surface area (Å²) in [5, 5.41) is 2.78. The van der Waals surface area contributed by atoms with Crippen molar-refractivity contribution in [2.24, 2.45) is 5.92 Å². The van der Waals surface area contributed by atoms with Gasteiger partial charge in [0, 0.05) is 12.0 Å². The van der Waals surface area contributed by atoms with Crippen LogP contribution in [0.4, 0.5) is 5.69 Å². The highest BCUT2D eigenvalue weighted by Gasteiger charge is 2.10. The molecule has 1 rings (SSSR count). The first kappa shape index (κ1) is 14.2. The van der Waals surface area contributed by atoms with Crippen molar-refractivity contribution in [1.29, 1.82) is 0 Å². The smallest absolute Gasteiger partial charge is 0.224 e. The predicted molar refractivity (Wildman–Crippen MR) is 71.1 cm³/mol. The zero-order chi connectivity index (χ0) is 13.5. The Morgan fingerprint density at radius 1 is 1.44 bits per heavy atom. The molecule has 0 spiro atoms. The molecular weight excluding hydrogens is 230 g/mol. The van der Waals surface area contributed by atoms with Crippen LogP contribution >= 0.6 is 0 Å². The Bertz CT molecular complexity index is 427. The Labute approximate surface area is 107 Å². The molecule has 0 atom stereocenters. The Hall–Kier alpha value is -1.84. The Morgan fingerprint density at radius 2 is 2.17 bits per heavy atom. The van der Waals surface area contributed by atoms with Gasteiger partial charge >= 0.3 is 0 Å². The van der Waals surface area contributed by atoms with Crippen LogP contribution in [0.15, 0.2) is 18.2 Å². The van der Waals surface area contributed by atoms with E-state index in [1.54, 1.807) is 18.2 Å². The van der Waals surface area contributed by atoms with E-state index in [1.807, 2.05) is 20.8 Å². The highest BCUT2D eigenvalue weighted by Crippen LogP contribution is 2.25. The number of hydrogen-bond acceptors (Lipinski definition) is 3. The van der Waals surface area contributed by atoms with Crippen LogP contribution in [0.3, 0.4) is 0 Å². The van der Waals surface area contributed by atoms with E-state index in [0.717, 1.165) is 6.29 Å². The number of rotatable bonds is 6. The molecule has 0 bridgehead atoms. The number of hydrogen-bond donors (Lipinski definition) is 1. The second kappa shape index (κ2) is 6.79. The van der Waals surface area contributed by atoms with Crippen LogP contribution in [0, 0.1) is 5.92 Å². The number of nitrogens with one attached hydrogen (secondary N) is 1. The minimum Gasteiger partial charge on any atom is -0.492 e. The van der Waals surface area contributed by atoms with Crippen molar-refractivity contribution >= 4 is 17.9 Å². The molecule has 0 unspecified atom stereocenters. The molecule has 0 aliphatic rings. The molecule has 0 saturated carbocycles. The molecule has 98 valence electrons. The van der Waals surface area contributed by atoms with Crippen molar-refractivity contribution < 1.29 is 14.3 Å². The summed E-state index contributed by atoms with van der Waals surface area (Å²) in [6, 6.07) is 4.98. The number of carbonyl (C=O) groups is 2. The fourth-order valence-corrected chi connectivity index (χ4v) is 1.57. The van der Waals surface area contributed by atoms with Gasteiger partial charge in [-0.3, -0.25) is 9.59 Å². The maximum Gasteiger partial charge on any atom is 0.224 e. The van der Waals surface area contributed by atoms with E-state index in [2.05, 4.69) is 5.32 Å². The molecule has 0 aliphatic heterocycles. The SMILES string of the molecule is CCOc1ccc(C=O)cc1NC(=O)CC(C)C. The molecule has 1 amide bonds. The number of anilines is 1. The lowest BCUT2D eigenvalue weighted by Crippen LogP contribution is -2.15. The van der Waals surface area contributed by atoms with E-state index in [9.17, 15) is 9.59 Å². The van der Waals surface area contributed by atoms with Gasteiger partial charge in [0.25, 0.3) is 0 Å². The molecule has 0 radical (unpaired) electrons. The zero-order valence-electron chi connectivity index (χ0n) is 11.0. The summed E-state index contributed by atoms with van der Waals surface area (Å²) in [6.45, 7) is 6.33. The van der Waals surface area contributed by atoms with Gasteiger partial charge < -0.3 is 10.1 Å². The largest absolute Gasteiger partial charge is 0.492 e. The van der Waals surface area contributed by atoms with Gasteiger partial charge in [-0.25, -0.2) is 0 Å². The van der Waals surface area contributed by atoms with Crippen LogP contribution < -0.4 is 10.1 Å². The summed E-state index contributed by atoms with van der Waals surface area (Å²) in [7, 11) is 0. The summed E-state index contributed by atoms with van der Waals surface area (Å²) >= 11 is 0. The Morgan fingerprint density at radius 3 is 2.72 bits per heavy atom. The van der Waals surface area contributed by atoms with Crippen molar-refractivity contribution in [3.63, 3.8) is 0 Å². The maximum atomic E-state index is 11.7. The normalized spacial score (nSPS) is 10.2. The molecule has 18 heavy (non-hydrogen) atoms. The lowest BCUT2D eigenvalue weighted by molar-refractivity contribution is -0.116. The summed E-state index contributed by atoms with van der Waals surface area (Å²) in [4.78, 5) is 22.5. The summed E-state index contributed by atoms with van der Waals surface area (Å²) in [5.41, 5.74) is 1.06. The van der Waals surface area contributed by atoms with Crippen LogP contribution in [-0.4, -0.2) is 18.8 Å². The molecule has 0 heterocycles. The second-order valence-electron chi connectivity index (χ2n) is 4.45. The van der Waals surface area contributed by atoms with Crippen LogP contribution in [0.5, 0.6) is 5.75 Å². The molecule has 4 nitrogen and oxygen atoms in total. The quantitative estimate of drug-likeness (QED) is 0.789. The average Bonchev–Trinajstić information content (AvgIpc) is 2.30. The minimum absolute atomic E-state index is 0.0750. The van der Waals surface area contributed by atoms with E-state index < -0.39 is 0 Å². The highest BCUT2D eigenvalue weighted by molar-refractivity contribution is 5.93. The monoisotopic (exact) mass is 249 g/mol. The first-order chi connectivity index (χ1) is 8.56.